The van der Waals surface area contributed by atoms with Crippen LogP contribution in [0.2, 0.25) is 0 Å². The van der Waals surface area contributed by atoms with Crippen molar-refractivity contribution in [2.75, 3.05) is 37.7 Å². The fourth-order valence-corrected chi connectivity index (χ4v) is 3.90. The van der Waals surface area contributed by atoms with Gasteiger partial charge in [-0.25, -0.2) is 19.3 Å². The van der Waals surface area contributed by atoms with Crippen LogP contribution in [0.1, 0.15) is 16.2 Å². The zero-order valence-corrected chi connectivity index (χ0v) is 17.9. The van der Waals surface area contributed by atoms with Crippen LogP contribution >= 0.6 is 0 Å². The molecule has 5 rings (SSSR count). The highest BCUT2D eigenvalue weighted by molar-refractivity contribution is 5.95. The number of anilines is 1. The first-order valence-corrected chi connectivity index (χ1v) is 10.8. The zero-order valence-electron chi connectivity index (χ0n) is 17.9. The molecule has 0 bridgehead atoms. The van der Waals surface area contributed by atoms with Crippen LogP contribution in [-0.2, 0) is 11.2 Å². The Morgan fingerprint density at radius 3 is 2.70 bits per heavy atom. The van der Waals surface area contributed by atoms with Crippen molar-refractivity contribution in [3.63, 3.8) is 0 Å². The minimum atomic E-state index is -0.395. The van der Waals surface area contributed by atoms with Gasteiger partial charge >= 0.3 is 0 Å². The number of aromatic amines is 1. The summed E-state index contributed by atoms with van der Waals surface area (Å²) in [6.07, 6.45) is 7.38. The van der Waals surface area contributed by atoms with E-state index in [2.05, 4.69) is 36.2 Å². The first-order valence-electron chi connectivity index (χ1n) is 10.8. The lowest BCUT2D eigenvalue weighted by atomic mass is 10.1. The number of H-pyrrole nitrogens is 1. The van der Waals surface area contributed by atoms with E-state index < -0.39 is 5.91 Å². The molecule has 0 atom stereocenters. The van der Waals surface area contributed by atoms with Gasteiger partial charge in [0.2, 0.25) is 5.82 Å². The van der Waals surface area contributed by atoms with Crippen molar-refractivity contribution in [1.82, 2.24) is 25.3 Å². The molecule has 1 aromatic carbocycles. The summed E-state index contributed by atoms with van der Waals surface area (Å²) in [7, 11) is 0. The molecule has 0 unspecified atom stereocenters. The van der Waals surface area contributed by atoms with Crippen LogP contribution in [0, 0.1) is 5.82 Å². The lowest BCUT2D eigenvalue weighted by Gasteiger charge is -2.28. The van der Waals surface area contributed by atoms with E-state index in [0.29, 0.717) is 31.7 Å². The van der Waals surface area contributed by atoms with Crippen LogP contribution in [0.3, 0.4) is 0 Å². The quantitative estimate of drug-likeness (QED) is 0.473. The maximum Gasteiger partial charge on any atom is 0.289 e. The number of hydrogen-bond acceptors (Lipinski definition) is 6. The van der Waals surface area contributed by atoms with E-state index in [0.717, 1.165) is 40.9 Å². The van der Waals surface area contributed by atoms with Gasteiger partial charge in [0.1, 0.15) is 11.5 Å². The number of morpholine rings is 1. The van der Waals surface area contributed by atoms with E-state index in [1.165, 1.54) is 6.07 Å². The summed E-state index contributed by atoms with van der Waals surface area (Å²) in [4.78, 5) is 30.8. The van der Waals surface area contributed by atoms with Crippen molar-refractivity contribution in [3.05, 3.63) is 72.3 Å². The second-order valence-electron chi connectivity index (χ2n) is 7.78. The number of pyridine rings is 1. The van der Waals surface area contributed by atoms with E-state index in [9.17, 15) is 9.18 Å². The second-order valence-corrected chi connectivity index (χ2v) is 7.78. The monoisotopic (exact) mass is 446 g/mol. The van der Waals surface area contributed by atoms with Crippen LogP contribution in [0.25, 0.3) is 22.2 Å². The van der Waals surface area contributed by atoms with Gasteiger partial charge in [-0.15, -0.1) is 0 Å². The molecule has 9 heteroatoms. The normalized spacial score (nSPS) is 13.9. The SMILES string of the molecule is O=C(NCCc1ccccc1F)c1ncc(-c2c[nH]c3ncc(N4CCOCC4)cc23)cn1. The molecular weight excluding hydrogens is 423 g/mol. The minimum Gasteiger partial charge on any atom is -0.378 e. The maximum atomic E-state index is 13.7. The number of carbonyl (C=O) groups is 1. The van der Waals surface area contributed by atoms with Gasteiger partial charge in [-0.1, -0.05) is 18.2 Å². The molecule has 1 amide bonds. The molecule has 4 aromatic rings. The van der Waals surface area contributed by atoms with Crippen LogP contribution in [0.5, 0.6) is 0 Å². The highest BCUT2D eigenvalue weighted by Gasteiger charge is 2.16. The lowest BCUT2D eigenvalue weighted by Crippen LogP contribution is -2.36. The molecule has 2 N–H and O–H groups in total. The fraction of sp³-hybridized carbons (Fsp3) is 0.250. The topological polar surface area (TPSA) is 96.0 Å². The molecule has 1 aliphatic rings. The van der Waals surface area contributed by atoms with Gasteiger partial charge in [-0.2, -0.15) is 0 Å². The third kappa shape index (κ3) is 4.54. The standard InChI is InChI=1S/C24H23FN6O2/c25-21-4-2-1-3-16(21)5-6-26-24(32)23-27-12-17(13-28-23)20-15-30-22-19(20)11-18(14-29-22)31-7-9-33-10-8-31/h1-4,11-15H,5-10H2,(H,26,32)(H,29,30). The first kappa shape index (κ1) is 21.0. The van der Waals surface area contributed by atoms with Gasteiger partial charge in [0.25, 0.3) is 5.91 Å². The molecular formula is C24H23FN6O2. The molecule has 4 heterocycles. The molecule has 0 aliphatic carbocycles. The first-order chi connectivity index (χ1) is 16.2. The number of benzene rings is 1. The summed E-state index contributed by atoms with van der Waals surface area (Å²) in [6.45, 7) is 3.36. The Hall–Kier alpha value is -3.85. The molecule has 0 spiro atoms. The Kier molecular flexibility index (Phi) is 5.95. The average Bonchev–Trinajstić information content (AvgIpc) is 3.29. The summed E-state index contributed by atoms with van der Waals surface area (Å²) in [5.74, 6) is -0.607. The number of hydrogen-bond donors (Lipinski definition) is 2. The Balaban J connectivity index is 1.28. The van der Waals surface area contributed by atoms with Crippen molar-refractivity contribution < 1.29 is 13.9 Å². The van der Waals surface area contributed by atoms with Crippen LogP contribution < -0.4 is 10.2 Å². The molecule has 0 saturated carbocycles. The Morgan fingerprint density at radius 1 is 1.12 bits per heavy atom. The van der Waals surface area contributed by atoms with Crippen molar-refractivity contribution in [3.8, 4) is 11.1 Å². The molecule has 0 radical (unpaired) electrons. The summed E-state index contributed by atoms with van der Waals surface area (Å²) in [6, 6.07) is 8.62. The molecule has 3 aromatic heterocycles. The smallest absolute Gasteiger partial charge is 0.289 e. The van der Waals surface area contributed by atoms with Gasteiger partial charge < -0.3 is 19.9 Å². The third-order valence-corrected chi connectivity index (χ3v) is 5.70. The number of ether oxygens (including phenoxy) is 1. The van der Waals surface area contributed by atoms with E-state index in [1.54, 1.807) is 30.6 Å². The van der Waals surface area contributed by atoms with Gasteiger partial charge in [-0.3, -0.25) is 4.79 Å². The summed E-state index contributed by atoms with van der Waals surface area (Å²) in [5.41, 5.74) is 4.07. The number of nitrogens with zero attached hydrogens (tertiary/aromatic N) is 4. The Labute approximate surface area is 189 Å². The van der Waals surface area contributed by atoms with E-state index >= 15 is 0 Å². The van der Waals surface area contributed by atoms with E-state index in [1.807, 2.05) is 12.4 Å². The predicted octanol–water partition coefficient (Wildman–Crippen LogP) is 2.97. The van der Waals surface area contributed by atoms with Crippen LogP contribution in [0.15, 0.2) is 55.1 Å². The highest BCUT2D eigenvalue weighted by Crippen LogP contribution is 2.30. The Morgan fingerprint density at radius 2 is 1.91 bits per heavy atom. The van der Waals surface area contributed by atoms with Crippen molar-refractivity contribution in [2.24, 2.45) is 0 Å². The molecule has 1 saturated heterocycles. The highest BCUT2D eigenvalue weighted by atomic mass is 19.1. The van der Waals surface area contributed by atoms with Gasteiger partial charge in [0.05, 0.1) is 25.1 Å². The molecule has 1 fully saturated rings. The second kappa shape index (κ2) is 9.33. The Bertz CT molecular complexity index is 1270. The fourth-order valence-electron chi connectivity index (χ4n) is 3.90. The average molecular weight is 446 g/mol. The van der Waals surface area contributed by atoms with Gasteiger partial charge in [0.15, 0.2) is 0 Å². The van der Waals surface area contributed by atoms with E-state index in [-0.39, 0.29) is 11.6 Å². The number of halogens is 1. The van der Waals surface area contributed by atoms with Gasteiger partial charge in [-0.05, 0) is 24.1 Å². The number of nitrogens with one attached hydrogen (secondary N) is 2. The number of aromatic nitrogens is 4. The van der Waals surface area contributed by atoms with Crippen molar-refractivity contribution in [1.29, 1.82) is 0 Å². The minimum absolute atomic E-state index is 0.0688. The number of carbonyl (C=O) groups excluding carboxylic acids is 1. The van der Waals surface area contributed by atoms with E-state index in [4.69, 9.17) is 4.74 Å². The third-order valence-electron chi connectivity index (χ3n) is 5.70. The predicted molar refractivity (Wildman–Crippen MR) is 123 cm³/mol. The molecule has 1 aliphatic heterocycles. The lowest BCUT2D eigenvalue weighted by molar-refractivity contribution is 0.0943. The number of amides is 1. The summed E-state index contributed by atoms with van der Waals surface area (Å²) < 4.78 is 19.1. The summed E-state index contributed by atoms with van der Waals surface area (Å²) in [5, 5.41) is 3.70. The van der Waals surface area contributed by atoms with Crippen molar-refractivity contribution in [2.45, 2.75) is 6.42 Å². The molecule has 8 nitrogen and oxygen atoms in total. The summed E-state index contributed by atoms with van der Waals surface area (Å²) >= 11 is 0. The largest absolute Gasteiger partial charge is 0.378 e. The van der Waals surface area contributed by atoms with Crippen LogP contribution in [0.4, 0.5) is 10.1 Å². The molecule has 168 valence electrons. The van der Waals surface area contributed by atoms with Crippen LogP contribution in [-0.4, -0.2) is 58.7 Å². The maximum absolute atomic E-state index is 13.7. The zero-order chi connectivity index (χ0) is 22.6. The van der Waals surface area contributed by atoms with Gasteiger partial charge in [0, 0.05) is 54.7 Å². The molecule has 33 heavy (non-hydrogen) atoms. The number of rotatable bonds is 6. The number of fused-ring (bicyclic) bond motifs is 1. The van der Waals surface area contributed by atoms with Crippen molar-refractivity contribution >= 4 is 22.6 Å².